The Labute approximate surface area is 130 Å². The zero-order valence-corrected chi connectivity index (χ0v) is 13.9. The highest BCUT2D eigenvalue weighted by Crippen LogP contribution is 2.24. The lowest BCUT2D eigenvalue weighted by Gasteiger charge is -2.30. The van der Waals surface area contributed by atoms with E-state index in [1.54, 1.807) is 0 Å². The van der Waals surface area contributed by atoms with Crippen molar-refractivity contribution < 1.29 is 0 Å². The molecule has 114 valence electrons. The number of rotatable bonds is 6. The van der Waals surface area contributed by atoms with E-state index >= 15 is 0 Å². The molecule has 0 spiro atoms. The van der Waals surface area contributed by atoms with E-state index in [1.165, 1.54) is 11.1 Å². The van der Waals surface area contributed by atoms with Gasteiger partial charge in [-0.05, 0) is 30.6 Å². The van der Waals surface area contributed by atoms with Crippen LogP contribution in [0.2, 0.25) is 0 Å². The summed E-state index contributed by atoms with van der Waals surface area (Å²) in [5, 5.41) is 0. The molecule has 1 heteroatoms. The average molecular weight is 283 g/mol. The fourth-order valence-electron chi connectivity index (χ4n) is 2.63. The molecule has 0 bridgehead atoms. The zero-order chi connectivity index (χ0) is 15.5. The molecule has 0 fully saturated rings. The molecule has 0 saturated carbocycles. The maximum Gasteiger partial charge on any atom is 0.0388 e. The van der Waals surface area contributed by atoms with Gasteiger partial charge >= 0.3 is 0 Å². The minimum atomic E-state index is 0.471. The van der Waals surface area contributed by atoms with Crippen LogP contribution in [-0.4, -0.2) is 18.0 Å². The first-order valence-electron chi connectivity index (χ1n) is 8.18. The Morgan fingerprint density at radius 2 is 1.24 bits per heavy atom. The summed E-state index contributed by atoms with van der Waals surface area (Å²) in [5.74, 6) is 0. The Hall–Kier alpha value is -1.60. The van der Waals surface area contributed by atoms with Crippen molar-refractivity contribution in [2.45, 2.75) is 40.2 Å². The van der Waals surface area contributed by atoms with Crippen molar-refractivity contribution in [2.24, 2.45) is 0 Å². The van der Waals surface area contributed by atoms with Gasteiger partial charge in [0.25, 0.3) is 0 Å². The normalized spacial score (nSPS) is 11.7. The Kier molecular flexibility index (Phi) is 8.45. The van der Waals surface area contributed by atoms with Crippen LogP contribution in [0, 0.1) is 0 Å². The van der Waals surface area contributed by atoms with Crippen LogP contribution >= 0.6 is 0 Å². The molecule has 0 heterocycles. The third-order valence-corrected chi connectivity index (χ3v) is 3.71. The summed E-state index contributed by atoms with van der Waals surface area (Å²) in [6.07, 6.45) is 1.08. The average Bonchev–Trinajstić information content (AvgIpc) is 2.58. The molecule has 0 aliphatic carbocycles. The zero-order valence-electron chi connectivity index (χ0n) is 13.9. The summed E-state index contributed by atoms with van der Waals surface area (Å²) >= 11 is 0. The summed E-state index contributed by atoms with van der Waals surface area (Å²) < 4.78 is 0. The Bertz CT molecular complexity index is 460. The van der Waals surface area contributed by atoms with Gasteiger partial charge in [-0.15, -0.1) is 0 Å². The van der Waals surface area contributed by atoms with Gasteiger partial charge in [0.05, 0.1) is 0 Å². The lowest BCUT2D eigenvalue weighted by Crippen LogP contribution is -2.29. The van der Waals surface area contributed by atoms with Gasteiger partial charge in [-0.3, -0.25) is 4.90 Å². The molecule has 1 atom stereocenters. The van der Waals surface area contributed by atoms with E-state index in [1.807, 2.05) is 13.8 Å². The lowest BCUT2D eigenvalue weighted by atomic mass is 9.97. The Morgan fingerprint density at radius 1 is 0.762 bits per heavy atom. The van der Waals surface area contributed by atoms with Crippen LogP contribution in [0.4, 0.5) is 0 Å². The number of benzene rings is 2. The van der Waals surface area contributed by atoms with E-state index in [0.29, 0.717) is 6.04 Å². The molecule has 21 heavy (non-hydrogen) atoms. The highest BCUT2D eigenvalue weighted by molar-refractivity contribution is 5.23. The second-order valence-electron chi connectivity index (χ2n) is 4.84. The highest BCUT2D eigenvalue weighted by Gasteiger charge is 2.17. The van der Waals surface area contributed by atoms with Gasteiger partial charge < -0.3 is 0 Å². The molecule has 2 rings (SSSR count). The van der Waals surface area contributed by atoms with Crippen LogP contribution in [0.1, 0.15) is 44.9 Å². The van der Waals surface area contributed by atoms with E-state index in [9.17, 15) is 0 Å². The van der Waals surface area contributed by atoms with Gasteiger partial charge in [-0.2, -0.15) is 0 Å². The van der Waals surface area contributed by atoms with Crippen LogP contribution in [0.5, 0.6) is 0 Å². The molecule has 0 saturated heterocycles. The molecule has 0 aliphatic heterocycles. The molecular weight excluding hydrogens is 254 g/mol. The largest absolute Gasteiger partial charge is 0.297 e. The van der Waals surface area contributed by atoms with E-state index in [-0.39, 0.29) is 0 Å². The molecular formula is C20H29N. The maximum absolute atomic E-state index is 2.53. The number of nitrogens with zero attached hydrogens (tertiary/aromatic N) is 1. The van der Waals surface area contributed by atoms with E-state index in [4.69, 9.17) is 0 Å². The summed E-state index contributed by atoms with van der Waals surface area (Å²) in [4.78, 5) is 2.53. The Morgan fingerprint density at radius 3 is 1.71 bits per heavy atom. The first-order chi connectivity index (χ1) is 10.3. The lowest BCUT2D eigenvalue weighted by molar-refractivity contribution is 0.217. The fraction of sp³-hybridized carbons (Fsp3) is 0.400. The van der Waals surface area contributed by atoms with Crippen LogP contribution in [0.15, 0.2) is 60.7 Å². The minimum absolute atomic E-state index is 0.471. The van der Waals surface area contributed by atoms with Crippen molar-refractivity contribution >= 4 is 0 Å². The molecule has 2 aromatic carbocycles. The SMILES string of the molecule is CC.CCN(CC)C(Cc1ccccc1)c1ccccc1. The van der Waals surface area contributed by atoms with E-state index in [0.717, 1.165) is 19.5 Å². The van der Waals surface area contributed by atoms with E-state index in [2.05, 4.69) is 79.4 Å². The van der Waals surface area contributed by atoms with Crippen molar-refractivity contribution in [1.29, 1.82) is 0 Å². The van der Waals surface area contributed by atoms with Crippen molar-refractivity contribution in [3.8, 4) is 0 Å². The molecule has 1 unspecified atom stereocenters. The van der Waals surface area contributed by atoms with E-state index < -0.39 is 0 Å². The van der Waals surface area contributed by atoms with Gasteiger partial charge in [-0.25, -0.2) is 0 Å². The maximum atomic E-state index is 2.53. The summed E-state index contributed by atoms with van der Waals surface area (Å²) in [5.41, 5.74) is 2.82. The van der Waals surface area contributed by atoms with Crippen molar-refractivity contribution in [1.82, 2.24) is 4.90 Å². The third-order valence-electron chi connectivity index (χ3n) is 3.71. The number of hydrogen-bond acceptors (Lipinski definition) is 1. The number of likely N-dealkylation sites (N-methyl/N-ethyl adjacent to an activating group) is 1. The molecule has 0 N–H and O–H groups in total. The summed E-state index contributed by atoms with van der Waals surface area (Å²) in [6, 6.07) is 22.1. The van der Waals surface area contributed by atoms with Crippen molar-refractivity contribution in [2.75, 3.05) is 13.1 Å². The standard InChI is InChI=1S/C18H23N.C2H6/c1-3-19(4-2)18(17-13-9-6-10-14-17)15-16-11-7-5-8-12-16;1-2/h5-14,18H,3-4,15H2,1-2H3;1-2H3. The topological polar surface area (TPSA) is 3.24 Å². The van der Waals surface area contributed by atoms with Crippen molar-refractivity contribution in [3.05, 3.63) is 71.8 Å². The van der Waals surface area contributed by atoms with Gasteiger partial charge in [0.15, 0.2) is 0 Å². The fourth-order valence-corrected chi connectivity index (χ4v) is 2.63. The first-order valence-corrected chi connectivity index (χ1v) is 8.18. The number of hydrogen-bond donors (Lipinski definition) is 0. The predicted octanol–water partition coefficient (Wildman–Crippen LogP) is 5.34. The Balaban J connectivity index is 0.00000106. The second-order valence-corrected chi connectivity index (χ2v) is 4.84. The quantitative estimate of drug-likeness (QED) is 0.692. The third kappa shape index (κ3) is 5.35. The van der Waals surface area contributed by atoms with Gasteiger partial charge in [0.1, 0.15) is 0 Å². The highest BCUT2D eigenvalue weighted by atomic mass is 15.1. The summed E-state index contributed by atoms with van der Waals surface area (Å²) in [6.45, 7) is 10.7. The monoisotopic (exact) mass is 283 g/mol. The molecule has 0 aliphatic rings. The van der Waals surface area contributed by atoms with Crippen LogP contribution < -0.4 is 0 Å². The van der Waals surface area contributed by atoms with Crippen LogP contribution in [0.3, 0.4) is 0 Å². The predicted molar refractivity (Wildman–Crippen MR) is 93.6 cm³/mol. The molecule has 0 amide bonds. The molecule has 0 radical (unpaired) electrons. The molecule has 0 aromatic heterocycles. The smallest absolute Gasteiger partial charge is 0.0388 e. The van der Waals surface area contributed by atoms with Gasteiger partial charge in [0.2, 0.25) is 0 Å². The minimum Gasteiger partial charge on any atom is -0.297 e. The van der Waals surface area contributed by atoms with Gasteiger partial charge in [-0.1, -0.05) is 88.4 Å². The summed E-state index contributed by atoms with van der Waals surface area (Å²) in [7, 11) is 0. The molecule has 1 nitrogen and oxygen atoms in total. The van der Waals surface area contributed by atoms with Gasteiger partial charge in [0, 0.05) is 6.04 Å². The van der Waals surface area contributed by atoms with Crippen LogP contribution in [0.25, 0.3) is 0 Å². The first kappa shape index (κ1) is 17.5. The molecule has 2 aromatic rings. The van der Waals surface area contributed by atoms with Crippen molar-refractivity contribution in [3.63, 3.8) is 0 Å². The van der Waals surface area contributed by atoms with Crippen LogP contribution in [-0.2, 0) is 6.42 Å². The second kappa shape index (κ2) is 10.2.